The highest BCUT2D eigenvalue weighted by Crippen LogP contribution is 2.33. The second-order valence-electron chi connectivity index (χ2n) is 6.93. The molecule has 0 atom stereocenters. The fraction of sp³-hybridized carbons (Fsp3) is 0.136. The van der Waals surface area contributed by atoms with Crippen molar-refractivity contribution in [1.82, 2.24) is 19.9 Å². The molecule has 0 saturated heterocycles. The third-order valence-electron chi connectivity index (χ3n) is 4.54. The predicted molar refractivity (Wildman–Crippen MR) is 120 cm³/mol. The third-order valence-corrected chi connectivity index (χ3v) is 5.07. The first-order valence-corrected chi connectivity index (χ1v) is 10.3. The normalized spacial score (nSPS) is 10.8. The number of hydrogen-bond donors (Lipinski definition) is 1. The van der Waals surface area contributed by atoms with Crippen LogP contribution in [0.15, 0.2) is 57.5 Å². The lowest BCUT2D eigenvalue weighted by atomic mass is 10.2. The lowest BCUT2D eigenvalue weighted by Crippen LogP contribution is -2.15. The van der Waals surface area contributed by atoms with Crippen molar-refractivity contribution in [2.24, 2.45) is 0 Å². The second kappa shape index (κ2) is 8.75. The number of anilines is 1. The molecule has 0 unspecified atom stereocenters. The summed E-state index contributed by atoms with van der Waals surface area (Å²) in [5.74, 6) is -0.684. The third kappa shape index (κ3) is 4.17. The summed E-state index contributed by atoms with van der Waals surface area (Å²) in [6.07, 6.45) is 0. The van der Waals surface area contributed by atoms with Crippen LogP contribution in [0.4, 0.5) is 5.69 Å². The first-order valence-electron chi connectivity index (χ1n) is 9.53. The van der Waals surface area contributed by atoms with E-state index in [0.29, 0.717) is 11.3 Å². The molecule has 10 heteroatoms. The molecule has 0 aliphatic heterocycles. The molecule has 32 heavy (non-hydrogen) atoms. The van der Waals surface area contributed by atoms with Gasteiger partial charge in [0.25, 0.3) is 5.89 Å². The summed E-state index contributed by atoms with van der Waals surface area (Å²) in [5.41, 5.74) is 2.63. The van der Waals surface area contributed by atoms with Gasteiger partial charge < -0.3 is 14.6 Å². The zero-order valence-electron chi connectivity index (χ0n) is 17.4. The minimum absolute atomic E-state index is 0.0401. The monoisotopic (exact) mass is 495 g/mol. The number of nitrogens with one attached hydrogen (secondary N) is 1. The maximum atomic E-state index is 12.7. The van der Waals surface area contributed by atoms with Crippen molar-refractivity contribution in [3.63, 3.8) is 0 Å². The maximum absolute atomic E-state index is 12.7. The van der Waals surface area contributed by atoms with Crippen LogP contribution >= 0.6 is 15.9 Å². The van der Waals surface area contributed by atoms with E-state index in [0.717, 1.165) is 10.0 Å². The van der Waals surface area contributed by atoms with Crippen LogP contribution in [0, 0.1) is 6.92 Å². The Labute approximate surface area is 191 Å². The summed E-state index contributed by atoms with van der Waals surface area (Å²) >= 11 is 3.39. The molecule has 0 aliphatic rings. The van der Waals surface area contributed by atoms with Crippen LogP contribution in [-0.4, -0.2) is 38.9 Å². The molecule has 162 valence electrons. The number of halogens is 1. The van der Waals surface area contributed by atoms with E-state index in [2.05, 4.69) is 36.5 Å². The predicted octanol–water partition coefficient (Wildman–Crippen LogP) is 4.41. The second-order valence-corrected chi connectivity index (χ2v) is 7.84. The average molecular weight is 496 g/mol. The van der Waals surface area contributed by atoms with Gasteiger partial charge in [-0.3, -0.25) is 4.79 Å². The van der Waals surface area contributed by atoms with Crippen molar-refractivity contribution in [1.29, 1.82) is 0 Å². The van der Waals surface area contributed by atoms with Gasteiger partial charge in [0.1, 0.15) is 5.69 Å². The first-order chi connectivity index (χ1) is 15.4. The minimum atomic E-state index is -0.675. The number of carbonyl (C=O) groups is 2. The van der Waals surface area contributed by atoms with Gasteiger partial charge in [0.05, 0.1) is 12.8 Å². The quantitative estimate of drug-likeness (QED) is 0.408. The molecule has 1 amide bonds. The Kier molecular flexibility index (Phi) is 5.87. The molecule has 1 N–H and O–H groups in total. The van der Waals surface area contributed by atoms with Gasteiger partial charge in [-0.15, -0.1) is 0 Å². The van der Waals surface area contributed by atoms with E-state index in [-0.39, 0.29) is 28.8 Å². The molecular formula is C22H18BrN5O4. The molecule has 0 saturated carbocycles. The number of aromatic nitrogens is 4. The first kappa shape index (κ1) is 21.4. The Morgan fingerprint density at radius 2 is 1.91 bits per heavy atom. The number of amides is 1. The highest BCUT2D eigenvalue weighted by atomic mass is 79.9. The van der Waals surface area contributed by atoms with E-state index >= 15 is 0 Å². The molecule has 2 aromatic carbocycles. The molecule has 0 fully saturated rings. The molecule has 9 nitrogen and oxygen atoms in total. The summed E-state index contributed by atoms with van der Waals surface area (Å²) in [6, 6.07) is 14.7. The standard InChI is InChI=1S/C22H18BrN5O4/c1-12-5-4-6-16(11-12)28-19(22(30)31-3)17(24-13(2)29)18(26-28)20-25-21(32-27-20)14-7-9-15(23)10-8-14/h4-11H,1-3H3,(H,24,29). The Bertz CT molecular complexity index is 1310. The van der Waals surface area contributed by atoms with Gasteiger partial charge in [0, 0.05) is 17.0 Å². The smallest absolute Gasteiger partial charge is 0.359 e. The number of carbonyl (C=O) groups excluding carboxylic acids is 2. The summed E-state index contributed by atoms with van der Waals surface area (Å²) in [5, 5.41) is 11.2. The van der Waals surface area contributed by atoms with Crippen LogP contribution in [-0.2, 0) is 9.53 Å². The Hall–Kier alpha value is -3.79. The Balaban J connectivity index is 1.91. The van der Waals surface area contributed by atoms with Crippen LogP contribution in [0.2, 0.25) is 0 Å². The zero-order valence-corrected chi connectivity index (χ0v) is 19.0. The van der Waals surface area contributed by atoms with Crippen LogP contribution in [0.5, 0.6) is 0 Å². The summed E-state index contributed by atoms with van der Waals surface area (Å²) in [7, 11) is 1.26. The van der Waals surface area contributed by atoms with Crippen LogP contribution in [0.1, 0.15) is 23.0 Å². The van der Waals surface area contributed by atoms with Crippen LogP contribution in [0.25, 0.3) is 28.7 Å². The van der Waals surface area contributed by atoms with Gasteiger partial charge in [-0.1, -0.05) is 33.2 Å². The van der Waals surface area contributed by atoms with Gasteiger partial charge >= 0.3 is 5.97 Å². The summed E-state index contributed by atoms with van der Waals surface area (Å²) < 4.78 is 12.7. The highest BCUT2D eigenvalue weighted by Gasteiger charge is 2.29. The molecule has 4 rings (SSSR count). The maximum Gasteiger partial charge on any atom is 0.359 e. The van der Waals surface area contributed by atoms with Crippen LogP contribution in [0.3, 0.4) is 0 Å². The molecule has 2 heterocycles. The Morgan fingerprint density at radius 1 is 1.16 bits per heavy atom. The van der Waals surface area contributed by atoms with E-state index in [1.807, 2.05) is 49.4 Å². The number of benzene rings is 2. The summed E-state index contributed by atoms with van der Waals surface area (Å²) in [4.78, 5) is 29.1. The largest absolute Gasteiger partial charge is 0.464 e. The molecule has 4 aromatic rings. The van der Waals surface area contributed by atoms with Crippen molar-refractivity contribution in [2.45, 2.75) is 13.8 Å². The minimum Gasteiger partial charge on any atom is -0.464 e. The topological polar surface area (TPSA) is 112 Å². The van der Waals surface area contributed by atoms with Gasteiger partial charge in [-0.2, -0.15) is 10.1 Å². The Morgan fingerprint density at radius 3 is 2.56 bits per heavy atom. The van der Waals surface area contributed by atoms with E-state index < -0.39 is 11.9 Å². The van der Waals surface area contributed by atoms with Crippen molar-refractivity contribution in [3.05, 3.63) is 64.3 Å². The fourth-order valence-corrected chi connectivity index (χ4v) is 3.39. The molecule has 0 radical (unpaired) electrons. The van der Waals surface area contributed by atoms with E-state index in [9.17, 15) is 9.59 Å². The zero-order chi connectivity index (χ0) is 22.8. The number of rotatable bonds is 5. The number of hydrogen-bond acceptors (Lipinski definition) is 7. The number of ether oxygens (including phenoxy) is 1. The number of esters is 1. The van der Waals surface area contributed by atoms with Crippen molar-refractivity contribution >= 4 is 33.5 Å². The van der Waals surface area contributed by atoms with E-state index in [1.165, 1.54) is 18.7 Å². The van der Waals surface area contributed by atoms with Gasteiger partial charge in [0.15, 0.2) is 11.4 Å². The molecule has 0 bridgehead atoms. The number of aryl methyl sites for hydroxylation is 1. The van der Waals surface area contributed by atoms with Gasteiger partial charge in [-0.05, 0) is 48.9 Å². The highest BCUT2D eigenvalue weighted by molar-refractivity contribution is 9.10. The number of methoxy groups -OCH3 is 1. The fourth-order valence-electron chi connectivity index (χ4n) is 3.13. The molecule has 0 spiro atoms. The lowest BCUT2D eigenvalue weighted by molar-refractivity contribution is -0.114. The van der Waals surface area contributed by atoms with Crippen molar-refractivity contribution in [3.8, 4) is 28.7 Å². The van der Waals surface area contributed by atoms with E-state index in [1.54, 1.807) is 6.07 Å². The van der Waals surface area contributed by atoms with Crippen molar-refractivity contribution in [2.75, 3.05) is 12.4 Å². The van der Waals surface area contributed by atoms with Crippen LogP contribution < -0.4 is 5.32 Å². The average Bonchev–Trinajstić information content (AvgIpc) is 3.38. The lowest BCUT2D eigenvalue weighted by Gasteiger charge is -2.08. The number of nitrogens with zero attached hydrogens (tertiary/aromatic N) is 4. The summed E-state index contributed by atoms with van der Waals surface area (Å²) in [6.45, 7) is 3.25. The van der Waals surface area contributed by atoms with E-state index in [4.69, 9.17) is 9.26 Å². The molecular weight excluding hydrogens is 478 g/mol. The van der Waals surface area contributed by atoms with Gasteiger partial charge in [-0.25, -0.2) is 9.48 Å². The SMILES string of the molecule is COC(=O)c1c(NC(C)=O)c(-c2noc(-c3ccc(Br)cc3)n2)nn1-c1cccc(C)c1. The molecule has 2 aromatic heterocycles. The van der Waals surface area contributed by atoms with Gasteiger partial charge in [0.2, 0.25) is 11.7 Å². The molecule has 0 aliphatic carbocycles. The van der Waals surface area contributed by atoms with Crippen molar-refractivity contribution < 1.29 is 18.8 Å².